The predicted molar refractivity (Wildman–Crippen MR) is 53.9 cm³/mol. The minimum Gasteiger partial charge on any atom is -0.258 e. The maximum absolute atomic E-state index is 10.6. The van der Waals surface area contributed by atoms with Crippen LogP contribution in [0.5, 0.6) is 0 Å². The summed E-state index contributed by atoms with van der Waals surface area (Å²) < 4.78 is 0. The molecule has 0 atom stereocenters. The molecule has 0 aliphatic heterocycles. The molecular formula is C7H7N3O4S. The summed E-state index contributed by atoms with van der Waals surface area (Å²) in [5.41, 5.74) is -0.646. The Morgan fingerprint density at radius 3 is 2.07 bits per heavy atom. The summed E-state index contributed by atoms with van der Waals surface area (Å²) >= 11 is 1.06. The third-order valence-electron chi connectivity index (χ3n) is 1.54. The fraction of sp³-hybridized carbons (Fsp3) is 0.286. The van der Waals surface area contributed by atoms with E-state index in [9.17, 15) is 20.2 Å². The van der Waals surface area contributed by atoms with Gasteiger partial charge in [-0.1, -0.05) is 6.92 Å². The molecule has 0 N–H and O–H groups in total. The zero-order valence-electron chi connectivity index (χ0n) is 7.74. The molecule has 0 saturated heterocycles. The van der Waals surface area contributed by atoms with Crippen molar-refractivity contribution < 1.29 is 9.85 Å². The SMILES string of the molecule is CCSc1c([N+](=O)[O-])cncc1[N+](=O)[O-]. The van der Waals surface area contributed by atoms with Crippen molar-refractivity contribution in [2.75, 3.05) is 5.75 Å². The maximum Gasteiger partial charge on any atom is 0.308 e. The lowest BCUT2D eigenvalue weighted by molar-refractivity contribution is -0.400. The maximum atomic E-state index is 10.6. The van der Waals surface area contributed by atoms with Crippen LogP contribution < -0.4 is 0 Å². The van der Waals surface area contributed by atoms with Crippen molar-refractivity contribution in [2.24, 2.45) is 0 Å². The number of rotatable bonds is 4. The molecule has 1 rings (SSSR count). The van der Waals surface area contributed by atoms with Gasteiger partial charge < -0.3 is 0 Å². The third kappa shape index (κ3) is 2.40. The van der Waals surface area contributed by atoms with E-state index in [-0.39, 0.29) is 16.3 Å². The lowest BCUT2D eigenvalue weighted by Crippen LogP contribution is -1.98. The number of thioether (sulfide) groups is 1. The molecule has 7 nitrogen and oxygen atoms in total. The van der Waals surface area contributed by atoms with Crippen LogP contribution in [-0.2, 0) is 0 Å². The van der Waals surface area contributed by atoms with Crippen LogP contribution >= 0.6 is 11.8 Å². The van der Waals surface area contributed by atoms with E-state index in [4.69, 9.17) is 0 Å². The molecule has 0 aliphatic rings. The first-order chi connectivity index (χ1) is 7.07. The van der Waals surface area contributed by atoms with Gasteiger partial charge in [0.15, 0.2) is 4.90 Å². The van der Waals surface area contributed by atoms with Gasteiger partial charge in [0.2, 0.25) is 0 Å². The Hall–Kier alpha value is -1.70. The number of hydrogen-bond donors (Lipinski definition) is 0. The highest BCUT2D eigenvalue weighted by molar-refractivity contribution is 7.99. The fourth-order valence-electron chi connectivity index (χ4n) is 0.979. The topological polar surface area (TPSA) is 99.2 Å². The fourth-order valence-corrected chi connectivity index (χ4v) is 1.82. The Bertz CT molecular complexity index is 377. The van der Waals surface area contributed by atoms with E-state index in [1.807, 2.05) is 0 Å². The highest BCUT2D eigenvalue weighted by atomic mass is 32.2. The molecule has 0 fully saturated rings. The molecule has 0 aromatic carbocycles. The smallest absolute Gasteiger partial charge is 0.258 e. The molecule has 80 valence electrons. The van der Waals surface area contributed by atoms with Crippen LogP contribution in [0.2, 0.25) is 0 Å². The summed E-state index contributed by atoms with van der Waals surface area (Å²) in [6.07, 6.45) is 2.04. The van der Waals surface area contributed by atoms with Gasteiger partial charge in [-0.3, -0.25) is 25.2 Å². The molecule has 0 amide bonds. The molecule has 1 heterocycles. The Kier molecular flexibility index (Phi) is 3.56. The van der Waals surface area contributed by atoms with Crippen molar-refractivity contribution in [3.8, 4) is 0 Å². The summed E-state index contributed by atoms with van der Waals surface area (Å²) in [6, 6.07) is 0. The van der Waals surface area contributed by atoms with Gasteiger partial charge in [0, 0.05) is 0 Å². The number of pyridine rings is 1. The Labute approximate surface area is 88.8 Å². The van der Waals surface area contributed by atoms with Crippen LogP contribution in [0.1, 0.15) is 6.92 Å². The summed E-state index contributed by atoms with van der Waals surface area (Å²) in [6.45, 7) is 1.76. The summed E-state index contributed by atoms with van der Waals surface area (Å²) in [5, 5.41) is 21.2. The predicted octanol–water partition coefficient (Wildman–Crippen LogP) is 2.01. The van der Waals surface area contributed by atoms with Crippen LogP contribution in [0.15, 0.2) is 17.3 Å². The lowest BCUT2D eigenvalue weighted by atomic mass is 10.4. The van der Waals surface area contributed by atoms with Crippen molar-refractivity contribution in [2.45, 2.75) is 11.8 Å². The first kappa shape index (κ1) is 11.4. The van der Waals surface area contributed by atoms with Gasteiger partial charge in [0.25, 0.3) is 0 Å². The molecular weight excluding hydrogens is 222 g/mol. The van der Waals surface area contributed by atoms with Crippen LogP contribution in [-0.4, -0.2) is 20.6 Å². The minimum absolute atomic E-state index is 0.0579. The molecule has 0 bridgehead atoms. The van der Waals surface area contributed by atoms with Crippen molar-refractivity contribution >= 4 is 23.1 Å². The second-order valence-electron chi connectivity index (χ2n) is 2.45. The minimum atomic E-state index is -0.669. The molecule has 0 saturated carbocycles. The summed E-state index contributed by atoms with van der Waals surface area (Å²) in [7, 11) is 0. The van der Waals surface area contributed by atoms with Gasteiger partial charge in [-0.05, 0) is 5.75 Å². The first-order valence-corrected chi connectivity index (χ1v) is 4.96. The lowest BCUT2D eigenvalue weighted by Gasteiger charge is -2.00. The Balaban J connectivity index is 3.34. The van der Waals surface area contributed by atoms with E-state index in [0.717, 1.165) is 24.2 Å². The van der Waals surface area contributed by atoms with Crippen LogP contribution in [0.25, 0.3) is 0 Å². The van der Waals surface area contributed by atoms with Crippen LogP contribution in [0.4, 0.5) is 11.4 Å². The quantitative estimate of drug-likeness (QED) is 0.444. The van der Waals surface area contributed by atoms with Gasteiger partial charge in [-0.2, -0.15) is 0 Å². The number of nitrogens with zero attached hydrogens (tertiary/aromatic N) is 3. The van der Waals surface area contributed by atoms with Crippen molar-refractivity contribution in [1.29, 1.82) is 0 Å². The molecule has 0 spiro atoms. The molecule has 1 aromatic heterocycles. The standard InChI is InChI=1S/C7H7N3O4S/c1-2-15-7-5(9(11)12)3-8-4-6(7)10(13)14/h3-4H,2H2,1H3. The van der Waals surface area contributed by atoms with Crippen molar-refractivity contribution in [1.82, 2.24) is 4.98 Å². The zero-order valence-corrected chi connectivity index (χ0v) is 8.56. The van der Waals surface area contributed by atoms with Crippen molar-refractivity contribution in [3.05, 3.63) is 32.6 Å². The molecule has 0 unspecified atom stereocenters. The van der Waals surface area contributed by atoms with E-state index in [2.05, 4.69) is 4.98 Å². The average Bonchev–Trinajstić information content (AvgIpc) is 2.17. The van der Waals surface area contributed by atoms with E-state index in [0.29, 0.717) is 5.75 Å². The van der Waals surface area contributed by atoms with Gasteiger partial charge in [-0.15, -0.1) is 11.8 Å². The van der Waals surface area contributed by atoms with E-state index in [1.165, 1.54) is 0 Å². The number of hydrogen-bond acceptors (Lipinski definition) is 6. The second kappa shape index (κ2) is 4.69. The highest BCUT2D eigenvalue weighted by Crippen LogP contribution is 2.35. The summed E-state index contributed by atoms with van der Waals surface area (Å²) in [4.78, 5) is 23.4. The van der Waals surface area contributed by atoms with E-state index in [1.54, 1.807) is 6.92 Å². The summed E-state index contributed by atoms with van der Waals surface area (Å²) in [5.74, 6) is 0.520. The van der Waals surface area contributed by atoms with Crippen LogP contribution in [0.3, 0.4) is 0 Å². The van der Waals surface area contributed by atoms with Gasteiger partial charge in [0.05, 0.1) is 9.85 Å². The molecule has 15 heavy (non-hydrogen) atoms. The Morgan fingerprint density at radius 2 is 1.73 bits per heavy atom. The average molecular weight is 229 g/mol. The third-order valence-corrected chi connectivity index (χ3v) is 2.54. The van der Waals surface area contributed by atoms with Gasteiger partial charge in [0.1, 0.15) is 12.4 Å². The highest BCUT2D eigenvalue weighted by Gasteiger charge is 2.25. The first-order valence-electron chi connectivity index (χ1n) is 3.97. The second-order valence-corrected chi connectivity index (χ2v) is 3.73. The monoisotopic (exact) mass is 229 g/mol. The van der Waals surface area contributed by atoms with Crippen LogP contribution in [0, 0.1) is 20.2 Å². The molecule has 0 aliphatic carbocycles. The van der Waals surface area contributed by atoms with Crippen molar-refractivity contribution in [3.63, 3.8) is 0 Å². The molecule has 0 radical (unpaired) electrons. The Morgan fingerprint density at radius 1 is 1.27 bits per heavy atom. The van der Waals surface area contributed by atoms with Gasteiger partial charge >= 0.3 is 11.4 Å². The number of aromatic nitrogens is 1. The number of nitro groups is 2. The zero-order chi connectivity index (χ0) is 11.4. The van der Waals surface area contributed by atoms with E-state index < -0.39 is 9.85 Å². The molecule has 1 aromatic rings. The molecule has 8 heteroatoms. The van der Waals surface area contributed by atoms with E-state index >= 15 is 0 Å². The normalized spacial score (nSPS) is 9.93. The van der Waals surface area contributed by atoms with Gasteiger partial charge in [-0.25, -0.2) is 0 Å². The largest absolute Gasteiger partial charge is 0.308 e.